The summed E-state index contributed by atoms with van der Waals surface area (Å²) in [4.78, 5) is 14.4. The molecule has 29 heavy (non-hydrogen) atoms. The summed E-state index contributed by atoms with van der Waals surface area (Å²) in [6, 6.07) is 5.79. The van der Waals surface area contributed by atoms with Crippen LogP contribution in [0.2, 0.25) is 0 Å². The zero-order valence-corrected chi connectivity index (χ0v) is 17.4. The molecule has 1 aliphatic carbocycles. The van der Waals surface area contributed by atoms with Crippen LogP contribution in [-0.4, -0.2) is 37.9 Å². The average Bonchev–Trinajstić information content (AvgIpc) is 2.70. The molecule has 8 heteroatoms. The number of benzene rings is 1. The molecule has 0 N–H and O–H groups in total. The number of cyclic esters (lactones) is 1. The van der Waals surface area contributed by atoms with E-state index < -0.39 is 15.9 Å². The van der Waals surface area contributed by atoms with Crippen LogP contribution < -0.4 is 4.90 Å². The molecule has 6 nitrogen and oxygen atoms in total. The van der Waals surface area contributed by atoms with Crippen molar-refractivity contribution in [2.75, 3.05) is 18.0 Å². The lowest BCUT2D eigenvalue weighted by Crippen LogP contribution is -2.50. The lowest BCUT2D eigenvalue weighted by Gasteiger charge is -2.40. The number of aryl methyl sites for hydroxylation is 1. The minimum atomic E-state index is -3.63. The fourth-order valence-electron chi connectivity index (χ4n) is 4.22. The Morgan fingerprint density at radius 2 is 1.90 bits per heavy atom. The first-order chi connectivity index (χ1) is 13.8. The second-order valence-electron chi connectivity index (χ2n) is 7.98. The molecule has 0 saturated carbocycles. The van der Waals surface area contributed by atoms with Gasteiger partial charge in [0.1, 0.15) is 12.4 Å². The maximum absolute atomic E-state index is 13.6. The zero-order valence-electron chi connectivity index (χ0n) is 16.6. The highest BCUT2D eigenvalue weighted by Crippen LogP contribution is 2.35. The number of piperidine rings is 1. The predicted molar refractivity (Wildman–Crippen MR) is 108 cm³/mol. The maximum Gasteiger partial charge on any atom is 0.414 e. The molecule has 1 aromatic carbocycles. The zero-order chi connectivity index (χ0) is 20.8. The molecule has 1 atom stereocenters. The van der Waals surface area contributed by atoms with Gasteiger partial charge in [-0.3, -0.25) is 4.90 Å². The van der Waals surface area contributed by atoms with Crippen molar-refractivity contribution >= 4 is 21.8 Å². The molecule has 1 fully saturated rings. The molecule has 4 rings (SSSR count). The molecular weight excluding hydrogens is 395 g/mol. The number of ether oxygens (including phenoxy) is 1. The third-order valence-electron chi connectivity index (χ3n) is 5.91. The highest BCUT2D eigenvalue weighted by Gasteiger charge is 2.38. The van der Waals surface area contributed by atoms with E-state index in [2.05, 4.69) is 0 Å². The predicted octanol–water partition coefficient (Wildman–Crippen LogP) is 4.02. The van der Waals surface area contributed by atoms with E-state index in [4.69, 9.17) is 4.74 Å². The van der Waals surface area contributed by atoms with Crippen LogP contribution in [0.15, 0.2) is 41.1 Å². The van der Waals surface area contributed by atoms with E-state index in [1.807, 2.05) is 25.1 Å². The van der Waals surface area contributed by atoms with E-state index in [0.29, 0.717) is 25.9 Å². The van der Waals surface area contributed by atoms with Crippen LogP contribution in [0.25, 0.3) is 0 Å². The number of allylic oxidation sites excluding steroid dienone is 4. The van der Waals surface area contributed by atoms with Gasteiger partial charge in [-0.05, 0) is 44.4 Å². The Kier molecular flexibility index (Phi) is 5.25. The third-order valence-corrected chi connectivity index (χ3v) is 7.92. The molecular formula is C21H25FN2O4S. The van der Waals surface area contributed by atoms with E-state index >= 15 is 0 Å². The maximum atomic E-state index is 13.6. The number of sulfonamides is 1. The normalized spacial score (nSPS) is 23.9. The Hall–Kier alpha value is -2.19. The largest absolute Gasteiger partial charge is 0.444 e. The number of hydrogen-bond donors (Lipinski definition) is 0. The Morgan fingerprint density at radius 3 is 2.59 bits per heavy atom. The summed E-state index contributed by atoms with van der Waals surface area (Å²) in [5.41, 5.74) is 2.91. The summed E-state index contributed by atoms with van der Waals surface area (Å²) in [5.74, 6) is -0.717. The molecule has 1 amide bonds. The van der Waals surface area contributed by atoms with Crippen LogP contribution in [0.1, 0.15) is 37.3 Å². The molecule has 2 aliphatic heterocycles. The van der Waals surface area contributed by atoms with Crippen LogP contribution in [0, 0.1) is 12.8 Å². The van der Waals surface area contributed by atoms with Crippen LogP contribution >= 0.6 is 0 Å². The summed E-state index contributed by atoms with van der Waals surface area (Å²) in [6.07, 6.45) is 3.46. The third kappa shape index (κ3) is 3.71. The van der Waals surface area contributed by atoms with Crippen molar-refractivity contribution in [2.45, 2.75) is 45.8 Å². The molecule has 1 aromatic rings. The summed E-state index contributed by atoms with van der Waals surface area (Å²) in [5, 5.41) is 0. The van der Waals surface area contributed by atoms with Gasteiger partial charge in [-0.25, -0.2) is 17.6 Å². The SMILES string of the molecule is Cc1ccc2c(c1)COC(=O)N2C1CCN(S(=O)(=O)C2=CC=C(F)C(C)C2)CC1. The van der Waals surface area contributed by atoms with Crippen LogP contribution in [0.4, 0.5) is 14.9 Å². The Bertz CT molecular complexity index is 994. The summed E-state index contributed by atoms with van der Waals surface area (Å²) < 4.78 is 46.3. The molecule has 0 aromatic heterocycles. The van der Waals surface area contributed by atoms with Crippen molar-refractivity contribution in [3.05, 3.63) is 52.2 Å². The highest BCUT2D eigenvalue weighted by molar-refractivity contribution is 7.93. The van der Waals surface area contributed by atoms with Crippen LogP contribution in [0.5, 0.6) is 0 Å². The number of carbonyl (C=O) groups is 1. The number of amides is 1. The monoisotopic (exact) mass is 420 g/mol. The van der Waals surface area contributed by atoms with Gasteiger partial charge in [0.2, 0.25) is 10.0 Å². The van der Waals surface area contributed by atoms with Crippen molar-refractivity contribution in [1.29, 1.82) is 0 Å². The van der Waals surface area contributed by atoms with Gasteiger partial charge in [0.25, 0.3) is 0 Å². The Morgan fingerprint density at radius 1 is 1.17 bits per heavy atom. The quantitative estimate of drug-likeness (QED) is 0.741. The lowest BCUT2D eigenvalue weighted by molar-refractivity contribution is 0.136. The van der Waals surface area contributed by atoms with Gasteiger partial charge in [-0.1, -0.05) is 24.6 Å². The van der Waals surface area contributed by atoms with Gasteiger partial charge in [0.05, 0.1) is 10.6 Å². The second-order valence-corrected chi connectivity index (χ2v) is 9.97. The number of carbonyl (C=O) groups excluding carboxylic acids is 1. The summed E-state index contributed by atoms with van der Waals surface area (Å²) in [6.45, 7) is 4.57. The number of hydrogen-bond acceptors (Lipinski definition) is 4. The summed E-state index contributed by atoms with van der Waals surface area (Å²) >= 11 is 0. The van der Waals surface area contributed by atoms with Crippen LogP contribution in [-0.2, 0) is 21.4 Å². The fourth-order valence-corrected chi connectivity index (χ4v) is 5.94. The van der Waals surface area contributed by atoms with Gasteiger partial charge in [0.15, 0.2) is 0 Å². The van der Waals surface area contributed by atoms with E-state index in [0.717, 1.165) is 16.8 Å². The molecule has 1 unspecified atom stereocenters. The average molecular weight is 421 g/mol. The van der Waals surface area contributed by atoms with Gasteiger partial charge >= 0.3 is 6.09 Å². The standard InChI is InChI=1S/C21H25FN2O4S/c1-14-3-6-20-16(11-14)13-28-21(25)24(20)17-7-9-23(10-8-17)29(26,27)18-4-5-19(22)15(2)12-18/h3-6,11,15,17H,7-10,12-13H2,1-2H3. The first kappa shape index (κ1) is 20.1. The molecule has 156 valence electrons. The van der Waals surface area contributed by atoms with Crippen LogP contribution in [0.3, 0.4) is 0 Å². The smallest absolute Gasteiger partial charge is 0.414 e. The number of nitrogens with zero attached hydrogens (tertiary/aromatic N) is 2. The molecule has 0 bridgehead atoms. The highest BCUT2D eigenvalue weighted by atomic mass is 32.2. The van der Waals surface area contributed by atoms with Crippen molar-refractivity contribution in [2.24, 2.45) is 5.92 Å². The number of fused-ring (bicyclic) bond motifs is 1. The molecule has 0 radical (unpaired) electrons. The van der Waals surface area contributed by atoms with Gasteiger partial charge in [0, 0.05) is 30.6 Å². The number of halogens is 1. The Balaban J connectivity index is 1.50. The lowest BCUT2D eigenvalue weighted by atomic mass is 10.0. The van der Waals surface area contributed by atoms with Gasteiger partial charge in [-0.15, -0.1) is 0 Å². The number of rotatable bonds is 3. The first-order valence-corrected chi connectivity index (χ1v) is 11.3. The molecule has 3 aliphatic rings. The second kappa shape index (κ2) is 7.57. The van der Waals surface area contributed by atoms with Gasteiger partial charge < -0.3 is 4.74 Å². The van der Waals surface area contributed by atoms with E-state index in [9.17, 15) is 17.6 Å². The van der Waals surface area contributed by atoms with Gasteiger partial charge in [-0.2, -0.15) is 4.31 Å². The topological polar surface area (TPSA) is 66.9 Å². The van der Waals surface area contributed by atoms with Crippen molar-refractivity contribution < 1.29 is 22.3 Å². The van der Waals surface area contributed by atoms with Crippen molar-refractivity contribution in [3.63, 3.8) is 0 Å². The minimum absolute atomic E-state index is 0.118. The van der Waals surface area contributed by atoms with E-state index in [-0.39, 0.29) is 35.9 Å². The van der Waals surface area contributed by atoms with E-state index in [1.54, 1.807) is 11.8 Å². The van der Waals surface area contributed by atoms with Crippen molar-refractivity contribution in [1.82, 2.24) is 4.31 Å². The first-order valence-electron chi connectivity index (χ1n) is 9.89. The Labute approximate surface area is 170 Å². The molecule has 2 heterocycles. The fraction of sp³-hybridized carbons (Fsp3) is 0.476. The summed E-state index contributed by atoms with van der Waals surface area (Å²) in [7, 11) is -3.63. The van der Waals surface area contributed by atoms with E-state index in [1.165, 1.54) is 16.5 Å². The van der Waals surface area contributed by atoms with Crippen molar-refractivity contribution in [3.8, 4) is 0 Å². The minimum Gasteiger partial charge on any atom is -0.444 e. The molecule has 0 spiro atoms. The number of anilines is 1. The molecule has 1 saturated heterocycles.